The van der Waals surface area contributed by atoms with Crippen molar-refractivity contribution in [2.45, 2.75) is 33.1 Å². The molecule has 0 aliphatic heterocycles. The van der Waals surface area contributed by atoms with Gasteiger partial charge in [-0.1, -0.05) is 26.3 Å². The van der Waals surface area contributed by atoms with Crippen LogP contribution >= 0.6 is 12.4 Å². The quantitative estimate of drug-likeness (QED) is 0.615. The molecule has 0 aromatic heterocycles. The number of halogens is 1. The summed E-state index contributed by atoms with van der Waals surface area (Å²) in [7, 11) is 0. The standard InChI is InChI=1S/C8H17N.ClH/c1-3-5-7-9-8-6-4-2;/h5,7,9H,3-4,6,8H2,1-2H3;1H/b7-5+;. The summed E-state index contributed by atoms with van der Waals surface area (Å²) in [5, 5.41) is 3.21. The molecule has 0 aromatic rings. The highest BCUT2D eigenvalue weighted by molar-refractivity contribution is 5.85. The van der Waals surface area contributed by atoms with Crippen molar-refractivity contribution in [2.24, 2.45) is 0 Å². The Morgan fingerprint density at radius 3 is 2.50 bits per heavy atom. The molecule has 0 radical (unpaired) electrons. The van der Waals surface area contributed by atoms with Gasteiger partial charge in [0.05, 0.1) is 0 Å². The molecular formula is C8H18ClN. The van der Waals surface area contributed by atoms with Gasteiger partial charge in [0.1, 0.15) is 0 Å². The molecule has 0 saturated carbocycles. The second-order valence-electron chi connectivity index (χ2n) is 2.12. The van der Waals surface area contributed by atoms with Gasteiger partial charge in [-0.2, -0.15) is 0 Å². The molecule has 0 heterocycles. The summed E-state index contributed by atoms with van der Waals surface area (Å²) in [4.78, 5) is 0. The summed E-state index contributed by atoms with van der Waals surface area (Å²) in [6, 6.07) is 0. The maximum atomic E-state index is 3.21. The zero-order valence-corrected chi connectivity index (χ0v) is 7.71. The molecule has 0 spiro atoms. The summed E-state index contributed by atoms with van der Waals surface area (Å²) >= 11 is 0. The molecule has 0 bridgehead atoms. The molecule has 0 unspecified atom stereocenters. The van der Waals surface area contributed by atoms with Gasteiger partial charge in [-0.25, -0.2) is 0 Å². The number of nitrogens with one attached hydrogen (secondary N) is 1. The van der Waals surface area contributed by atoms with Crippen LogP contribution in [0.3, 0.4) is 0 Å². The Labute approximate surface area is 70.3 Å². The smallest absolute Gasteiger partial charge is 0.0141 e. The van der Waals surface area contributed by atoms with E-state index in [1.165, 1.54) is 12.8 Å². The zero-order valence-electron chi connectivity index (χ0n) is 6.89. The molecule has 0 aromatic carbocycles. The van der Waals surface area contributed by atoms with Crippen LogP contribution in [-0.4, -0.2) is 6.54 Å². The molecule has 1 nitrogen and oxygen atoms in total. The lowest BCUT2D eigenvalue weighted by atomic mass is 10.3. The highest BCUT2D eigenvalue weighted by atomic mass is 35.5. The van der Waals surface area contributed by atoms with Gasteiger partial charge in [0.15, 0.2) is 0 Å². The van der Waals surface area contributed by atoms with Crippen molar-refractivity contribution in [3.8, 4) is 0 Å². The third kappa shape index (κ3) is 10.7. The van der Waals surface area contributed by atoms with Crippen molar-refractivity contribution in [1.82, 2.24) is 5.32 Å². The first-order valence-electron chi connectivity index (χ1n) is 3.80. The monoisotopic (exact) mass is 163 g/mol. The molecular weight excluding hydrogens is 146 g/mol. The average molecular weight is 164 g/mol. The fraction of sp³-hybridized carbons (Fsp3) is 0.750. The minimum Gasteiger partial charge on any atom is -0.391 e. The van der Waals surface area contributed by atoms with E-state index in [-0.39, 0.29) is 12.4 Å². The van der Waals surface area contributed by atoms with Crippen LogP contribution in [0.15, 0.2) is 12.3 Å². The maximum Gasteiger partial charge on any atom is 0.0141 e. The van der Waals surface area contributed by atoms with Crippen LogP contribution in [-0.2, 0) is 0 Å². The van der Waals surface area contributed by atoms with E-state index in [9.17, 15) is 0 Å². The molecule has 0 rings (SSSR count). The van der Waals surface area contributed by atoms with E-state index in [2.05, 4.69) is 25.2 Å². The molecule has 0 amide bonds. The van der Waals surface area contributed by atoms with Gasteiger partial charge in [-0.15, -0.1) is 12.4 Å². The molecule has 0 atom stereocenters. The topological polar surface area (TPSA) is 12.0 Å². The first kappa shape index (κ1) is 12.5. The summed E-state index contributed by atoms with van der Waals surface area (Å²) in [5.74, 6) is 0. The Balaban J connectivity index is 0. The highest BCUT2D eigenvalue weighted by Gasteiger charge is 1.76. The first-order chi connectivity index (χ1) is 4.41. The Bertz CT molecular complexity index is 71.7. The first-order valence-corrected chi connectivity index (χ1v) is 3.80. The molecule has 0 fully saturated rings. The minimum atomic E-state index is 0. The van der Waals surface area contributed by atoms with Gasteiger partial charge in [-0.3, -0.25) is 0 Å². The third-order valence-corrected chi connectivity index (χ3v) is 1.15. The normalized spacial score (nSPS) is 9.40. The van der Waals surface area contributed by atoms with Crippen molar-refractivity contribution >= 4 is 12.4 Å². The number of rotatable bonds is 5. The van der Waals surface area contributed by atoms with Crippen LogP contribution in [0.2, 0.25) is 0 Å². The van der Waals surface area contributed by atoms with Gasteiger partial charge >= 0.3 is 0 Å². The van der Waals surface area contributed by atoms with Crippen LogP contribution in [0.1, 0.15) is 33.1 Å². The fourth-order valence-electron chi connectivity index (χ4n) is 0.563. The predicted octanol–water partition coefficient (Wildman–Crippen LogP) is 2.72. The molecule has 0 saturated heterocycles. The minimum absolute atomic E-state index is 0. The lowest BCUT2D eigenvalue weighted by Gasteiger charge is -1.95. The summed E-state index contributed by atoms with van der Waals surface area (Å²) in [6.45, 7) is 5.45. The highest BCUT2D eigenvalue weighted by Crippen LogP contribution is 1.82. The summed E-state index contributed by atoms with van der Waals surface area (Å²) in [6.07, 6.45) is 7.84. The fourth-order valence-corrected chi connectivity index (χ4v) is 0.563. The van der Waals surface area contributed by atoms with E-state index in [1.807, 2.05) is 6.20 Å². The van der Waals surface area contributed by atoms with E-state index in [4.69, 9.17) is 0 Å². The number of hydrogen-bond donors (Lipinski definition) is 1. The maximum absolute atomic E-state index is 3.21. The van der Waals surface area contributed by atoms with Crippen LogP contribution in [0, 0.1) is 0 Å². The number of allylic oxidation sites excluding steroid dienone is 1. The number of unbranched alkanes of at least 4 members (excludes halogenated alkanes) is 1. The lowest BCUT2D eigenvalue weighted by molar-refractivity contribution is 0.733. The second kappa shape index (κ2) is 11.6. The second-order valence-corrected chi connectivity index (χ2v) is 2.12. The lowest BCUT2D eigenvalue weighted by Crippen LogP contribution is -2.05. The Hall–Kier alpha value is -0.170. The Morgan fingerprint density at radius 2 is 2.00 bits per heavy atom. The summed E-state index contributed by atoms with van der Waals surface area (Å²) < 4.78 is 0. The molecule has 0 aliphatic rings. The van der Waals surface area contributed by atoms with E-state index >= 15 is 0 Å². The van der Waals surface area contributed by atoms with E-state index < -0.39 is 0 Å². The molecule has 0 aliphatic carbocycles. The SMILES string of the molecule is CC/C=C/NCCCC.Cl. The van der Waals surface area contributed by atoms with Crippen molar-refractivity contribution in [3.63, 3.8) is 0 Å². The van der Waals surface area contributed by atoms with Gasteiger partial charge in [0.25, 0.3) is 0 Å². The van der Waals surface area contributed by atoms with Crippen molar-refractivity contribution in [2.75, 3.05) is 6.54 Å². The Morgan fingerprint density at radius 1 is 1.30 bits per heavy atom. The number of hydrogen-bond acceptors (Lipinski definition) is 1. The van der Waals surface area contributed by atoms with Gasteiger partial charge < -0.3 is 5.32 Å². The largest absolute Gasteiger partial charge is 0.391 e. The Kier molecular flexibility index (Phi) is 14.5. The molecule has 2 heteroatoms. The molecule has 10 heavy (non-hydrogen) atoms. The van der Waals surface area contributed by atoms with Gasteiger partial charge in [0.2, 0.25) is 0 Å². The van der Waals surface area contributed by atoms with Crippen molar-refractivity contribution < 1.29 is 0 Å². The van der Waals surface area contributed by atoms with Crippen LogP contribution in [0.5, 0.6) is 0 Å². The molecule has 1 N–H and O–H groups in total. The van der Waals surface area contributed by atoms with Gasteiger partial charge in [-0.05, 0) is 19.0 Å². The zero-order chi connectivity index (χ0) is 6.95. The predicted molar refractivity (Wildman–Crippen MR) is 49.6 cm³/mol. The average Bonchev–Trinajstić information content (AvgIpc) is 1.89. The van der Waals surface area contributed by atoms with Crippen LogP contribution in [0.25, 0.3) is 0 Å². The molecule has 62 valence electrons. The van der Waals surface area contributed by atoms with Crippen LogP contribution in [0.4, 0.5) is 0 Å². The van der Waals surface area contributed by atoms with Crippen LogP contribution < -0.4 is 5.32 Å². The van der Waals surface area contributed by atoms with Crippen molar-refractivity contribution in [3.05, 3.63) is 12.3 Å². The van der Waals surface area contributed by atoms with E-state index in [1.54, 1.807) is 0 Å². The van der Waals surface area contributed by atoms with Gasteiger partial charge in [0, 0.05) is 6.54 Å². The summed E-state index contributed by atoms with van der Waals surface area (Å²) in [5.41, 5.74) is 0. The third-order valence-electron chi connectivity index (χ3n) is 1.15. The van der Waals surface area contributed by atoms with Crippen molar-refractivity contribution in [1.29, 1.82) is 0 Å². The van der Waals surface area contributed by atoms with E-state index in [0.29, 0.717) is 0 Å². The van der Waals surface area contributed by atoms with E-state index in [0.717, 1.165) is 13.0 Å².